The van der Waals surface area contributed by atoms with Gasteiger partial charge >= 0.3 is 5.69 Å². The first-order chi connectivity index (χ1) is 6.43. The summed E-state index contributed by atoms with van der Waals surface area (Å²) in [6.45, 7) is 0. The average molecular weight is 334 g/mol. The maximum atomic E-state index is 12.2. The third kappa shape index (κ3) is 2.27. The number of aromatic nitrogens is 1. The highest BCUT2D eigenvalue weighted by Crippen LogP contribution is 2.30. The summed E-state index contributed by atoms with van der Waals surface area (Å²) < 4.78 is 24.5. The SMILES string of the molecule is O=[N+]([O-])c1cc(I)c(C(F)F)nc1Cl. The molecule has 0 aliphatic heterocycles. The predicted molar refractivity (Wildman–Crippen MR) is 53.6 cm³/mol. The summed E-state index contributed by atoms with van der Waals surface area (Å²) in [6.07, 6.45) is -2.79. The molecule has 1 heterocycles. The minimum absolute atomic E-state index is 0.0219. The molecule has 0 unspecified atom stereocenters. The van der Waals surface area contributed by atoms with Gasteiger partial charge in [-0.2, -0.15) is 0 Å². The van der Waals surface area contributed by atoms with Gasteiger partial charge < -0.3 is 0 Å². The fraction of sp³-hybridized carbons (Fsp3) is 0.167. The Kier molecular flexibility index (Phi) is 3.53. The molecule has 0 aromatic carbocycles. The summed E-state index contributed by atoms with van der Waals surface area (Å²) in [4.78, 5) is 12.8. The van der Waals surface area contributed by atoms with E-state index in [-0.39, 0.29) is 3.57 Å². The van der Waals surface area contributed by atoms with Crippen LogP contribution in [0.5, 0.6) is 0 Å². The third-order valence-electron chi connectivity index (χ3n) is 1.34. The van der Waals surface area contributed by atoms with E-state index in [4.69, 9.17) is 11.6 Å². The molecular formula is C6H2ClF2IN2O2. The summed E-state index contributed by atoms with van der Waals surface area (Å²) in [5, 5.41) is 9.82. The van der Waals surface area contributed by atoms with Crippen LogP contribution in [0.3, 0.4) is 0 Å². The molecule has 8 heteroatoms. The number of nitrogens with zero attached hydrogens (tertiary/aromatic N) is 2. The van der Waals surface area contributed by atoms with Crippen LogP contribution in [0.15, 0.2) is 6.07 Å². The molecule has 1 aromatic heterocycles. The zero-order valence-electron chi connectivity index (χ0n) is 6.38. The van der Waals surface area contributed by atoms with Crippen LogP contribution in [0, 0.1) is 13.7 Å². The van der Waals surface area contributed by atoms with Crippen molar-refractivity contribution in [2.24, 2.45) is 0 Å². The van der Waals surface area contributed by atoms with E-state index in [0.717, 1.165) is 6.07 Å². The van der Waals surface area contributed by atoms with Crippen molar-refractivity contribution in [2.75, 3.05) is 0 Å². The van der Waals surface area contributed by atoms with E-state index in [2.05, 4.69) is 4.98 Å². The Morgan fingerprint density at radius 3 is 2.64 bits per heavy atom. The van der Waals surface area contributed by atoms with Gasteiger partial charge in [-0.25, -0.2) is 13.8 Å². The molecule has 0 atom stereocenters. The van der Waals surface area contributed by atoms with Crippen LogP contribution in [-0.2, 0) is 0 Å². The highest BCUT2D eigenvalue weighted by Gasteiger charge is 2.21. The lowest BCUT2D eigenvalue weighted by Crippen LogP contribution is -1.99. The van der Waals surface area contributed by atoms with Crippen molar-refractivity contribution < 1.29 is 13.7 Å². The number of rotatable bonds is 2. The molecule has 1 aromatic rings. The molecule has 0 aliphatic carbocycles. The second kappa shape index (κ2) is 4.30. The van der Waals surface area contributed by atoms with Gasteiger partial charge in [-0.1, -0.05) is 11.6 Å². The quantitative estimate of drug-likeness (QED) is 0.361. The first-order valence-corrected chi connectivity index (χ1v) is 4.67. The molecule has 4 nitrogen and oxygen atoms in total. The summed E-state index contributed by atoms with van der Waals surface area (Å²) in [5.41, 5.74) is -1.01. The fourth-order valence-electron chi connectivity index (χ4n) is 0.751. The number of alkyl halides is 2. The Labute approximate surface area is 95.6 Å². The van der Waals surface area contributed by atoms with E-state index in [9.17, 15) is 18.9 Å². The molecule has 0 saturated carbocycles. The lowest BCUT2D eigenvalue weighted by atomic mass is 10.3. The molecule has 0 amide bonds. The van der Waals surface area contributed by atoms with Crippen molar-refractivity contribution >= 4 is 39.9 Å². The van der Waals surface area contributed by atoms with Crippen LogP contribution in [0.2, 0.25) is 5.15 Å². The van der Waals surface area contributed by atoms with Gasteiger partial charge in [-0.3, -0.25) is 10.1 Å². The first kappa shape index (κ1) is 11.5. The molecule has 0 saturated heterocycles. The molecule has 0 spiro atoms. The Morgan fingerprint density at radius 1 is 1.64 bits per heavy atom. The van der Waals surface area contributed by atoms with Gasteiger partial charge in [0.05, 0.1) is 4.92 Å². The monoisotopic (exact) mass is 334 g/mol. The van der Waals surface area contributed by atoms with Crippen LogP contribution in [0.4, 0.5) is 14.5 Å². The van der Waals surface area contributed by atoms with Crippen LogP contribution in [0.25, 0.3) is 0 Å². The summed E-state index contributed by atoms with van der Waals surface area (Å²) in [5.74, 6) is 0. The highest BCUT2D eigenvalue weighted by molar-refractivity contribution is 14.1. The molecule has 76 valence electrons. The van der Waals surface area contributed by atoms with E-state index >= 15 is 0 Å². The number of halogens is 4. The van der Waals surface area contributed by atoms with Crippen LogP contribution < -0.4 is 0 Å². The van der Waals surface area contributed by atoms with Gasteiger partial charge in [0.25, 0.3) is 6.43 Å². The molecule has 0 radical (unpaired) electrons. The zero-order valence-corrected chi connectivity index (χ0v) is 9.29. The smallest absolute Gasteiger partial charge is 0.258 e. The molecule has 0 aliphatic rings. The summed E-state index contributed by atoms with van der Waals surface area (Å²) in [6, 6.07) is 0.970. The second-order valence-electron chi connectivity index (χ2n) is 2.22. The van der Waals surface area contributed by atoms with Crippen molar-refractivity contribution in [2.45, 2.75) is 6.43 Å². The van der Waals surface area contributed by atoms with Crippen molar-refractivity contribution in [1.82, 2.24) is 4.98 Å². The number of hydrogen-bond donors (Lipinski definition) is 0. The van der Waals surface area contributed by atoms with Gasteiger partial charge in [0.2, 0.25) is 5.15 Å². The Balaban J connectivity index is 3.31. The number of pyridine rings is 1. The lowest BCUT2D eigenvalue weighted by Gasteiger charge is -2.02. The highest BCUT2D eigenvalue weighted by atomic mass is 127. The van der Waals surface area contributed by atoms with Crippen LogP contribution in [-0.4, -0.2) is 9.91 Å². The van der Waals surface area contributed by atoms with E-state index in [0.29, 0.717) is 0 Å². The van der Waals surface area contributed by atoms with Crippen molar-refractivity contribution in [3.8, 4) is 0 Å². The van der Waals surface area contributed by atoms with Crippen molar-refractivity contribution in [3.05, 3.63) is 30.6 Å². The first-order valence-electron chi connectivity index (χ1n) is 3.22. The van der Waals surface area contributed by atoms with Gasteiger partial charge in [-0.05, 0) is 22.6 Å². The van der Waals surface area contributed by atoms with Crippen molar-refractivity contribution in [3.63, 3.8) is 0 Å². The predicted octanol–water partition coefficient (Wildman–Crippen LogP) is 3.19. The molecule has 0 bridgehead atoms. The molecule has 14 heavy (non-hydrogen) atoms. The standard InChI is InChI=1S/C6H2ClF2IN2O2/c7-5-3(12(13)14)1-2(10)4(11-5)6(8)9/h1,6H. The van der Waals surface area contributed by atoms with Crippen LogP contribution >= 0.6 is 34.2 Å². The van der Waals surface area contributed by atoms with Crippen LogP contribution in [0.1, 0.15) is 12.1 Å². The summed E-state index contributed by atoms with van der Waals surface area (Å²) >= 11 is 6.90. The van der Waals surface area contributed by atoms with E-state index in [1.165, 1.54) is 0 Å². The topological polar surface area (TPSA) is 56.0 Å². The molecule has 0 fully saturated rings. The Morgan fingerprint density at radius 2 is 2.21 bits per heavy atom. The Bertz CT molecular complexity index is 388. The normalized spacial score (nSPS) is 10.6. The van der Waals surface area contributed by atoms with E-state index in [1.807, 2.05) is 0 Å². The minimum Gasteiger partial charge on any atom is -0.258 e. The lowest BCUT2D eigenvalue weighted by molar-refractivity contribution is -0.385. The molecule has 1 rings (SSSR count). The van der Waals surface area contributed by atoms with Gasteiger partial charge in [0, 0.05) is 9.64 Å². The molecule has 0 N–H and O–H groups in total. The second-order valence-corrected chi connectivity index (χ2v) is 3.74. The van der Waals surface area contributed by atoms with Gasteiger partial charge in [0.15, 0.2) is 0 Å². The zero-order chi connectivity index (χ0) is 10.9. The van der Waals surface area contributed by atoms with E-state index in [1.54, 1.807) is 22.6 Å². The fourth-order valence-corrected chi connectivity index (χ4v) is 1.62. The van der Waals surface area contributed by atoms with Gasteiger partial charge in [0.1, 0.15) is 5.69 Å². The van der Waals surface area contributed by atoms with Crippen molar-refractivity contribution in [1.29, 1.82) is 0 Å². The number of hydrogen-bond acceptors (Lipinski definition) is 3. The maximum Gasteiger partial charge on any atom is 0.307 e. The van der Waals surface area contributed by atoms with Gasteiger partial charge in [-0.15, -0.1) is 0 Å². The number of nitro groups is 1. The van der Waals surface area contributed by atoms with E-state index < -0.39 is 27.9 Å². The minimum atomic E-state index is -2.79. The summed E-state index contributed by atoms with van der Waals surface area (Å²) in [7, 11) is 0. The average Bonchev–Trinajstić information content (AvgIpc) is 2.07. The molecular weight excluding hydrogens is 332 g/mol. The third-order valence-corrected chi connectivity index (χ3v) is 2.48. The largest absolute Gasteiger partial charge is 0.307 e. The maximum absolute atomic E-state index is 12.2. The Hall–Kier alpha value is -0.570.